The van der Waals surface area contributed by atoms with Crippen LogP contribution < -0.4 is 4.74 Å². The van der Waals surface area contributed by atoms with Crippen LogP contribution in [-0.2, 0) is 13.5 Å². The minimum Gasteiger partial charge on any atom is -0.497 e. The van der Waals surface area contributed by atoms with Crippen molar-refractivity contribution in [3.63, 3.8) is 0 Å². The van der Waals surface area contributed by atoms with Gasteiger partial charge in [0.1, 0.15) is 17.9 Å². The summed E-state index contributed by atoms with van der Waals surface area (Å²) in [5.74, 6) is 2.38. The molecule has 2 aromatic rings. The summed E-state index contributed by atoms with van der Waals surface area (Å²) in [6, 6.07) is 7.35. The van der Waals surface area contributed by atoms with E-state index < -0.39 is 0 Å². The minimum absolute atomic E-state index is 0.0843. The third-order valence-electron chi connectivity index (χ3n) is 4.49. The maximum absolute atomic E-state index is 12.6. The number of aryl methyl sites for hydroxylation is 1. The van der Waals surface area contributed by atoms with Crippen molar-refractivity contribution in [3.8, 4) is 5.75 Å². The molecule has 0 unspecified atom stereocenters. The van der Waals surface area contributed by atoms with E-state index in [2.05, 4.69) is 10.2 Å². The van der Waals surface area contributed by atoms with Gasteiger partial charge in [-0.3, -0.25) is 4.79 Å². The van der Waals surface area contributed by atoms with Crippen LogP contribution in [0, 0.1) is 5.92 Å². The van der Waals surface area contributed by atoms with Crippen molar-refractivity contribution in [1.29, 1.82) is 0 Å². The Kier molecular flexibility index (Phi) is 4.60. The standard InChI is InChI=1S/C17H22N4O2/c1-20-12-18-19-16(20)10-13-6-8-21(9-7-13)17(22)14-4-3-5-15(11-14)23-2/h3-5,11-13H,6-10H2,1-2H3. The second kappa shape index (κ2) is 6.81. The average Bonchev–Trinajstić information content (AvgIpc) is 3.00. The number of hydrogen-bond donors (Lipinski definition) is 0. The smallest absolute Gasteiger partial charge is 0.253 e. The number of benzene rings is 1. The second-order valence-electron chi connectivity index (χ2n) is 6.03. The summed E-state index contributed by atoms with van der Waals surface area (Å²) in [5.41, 5.74) is 0.691. The molecule has 0 spiro atoms. The van der Waals surface area contributed by atoms with Gasteiger partial charge in [0.25, 0.3) is 5.91 Å². The quantitative estimate of drug-likeness (QED) is 0.865. The van der Waals surface area contributed by atoms with E-state index in [1.54, 1.807) is 19.5 Å². The molecule has 0 bridgehead atoms. The average molecular weight is 314 g/mol. The summed E-state index contributed by atoms with van der Waals surface area (Å²) >= 11 is 0. The highest BCUT2D eigenvalue weighted by atomic mass is 16.5. The number of likely N-dealkylation sites (tertiary alicyclic amines) is 1. The van der Waals surface area contributed by atoms with Gasteiger partial charge < -0.3 is 14.2 Å². The van der Waals surface area contributed by atoms with Gasteiger partial charge in [-0.25, -0.2) is 0 Å². The van der Waals surface area contributed by atoms with E-state index in [-0.39, 0.29) is 5.91 Å². The van der Waals surface area contributed by atoms with Gasteiger partial charge in [-0.2, -0.15) is 0 Å². The molecule has 3 rings (SSSR count). The summed E-state index contributed by atoms with van der Waals surface area (Å²) < 4.78 is 7.16. The Hall–Kier alpha value is -2.37. The third kappa shape index (κ3) is 3.52. The van der Waals surface area contributed by atoms with Crippen molar-refractivity contribution in [3.05, 3.63) is 42.0 Å². The zero-order chi connectivity index (χ0) is 16.2. The number of carbonyl (C=O) groups is 1. The van der Waals surface area contributed by atoms with E-state index >= 15 is 0 Å². The lowest BCUT2D eigenvalue weighted by molar-refractivity contribution is 0.0689. The van der Waals surface area contributed by atoms with E-state index in [4.69, 9.17) is 4.74 Å². The molecule has 122 valence electrons. The predicted octanol–water partition coefficient (Wildman–Crippen LogP) is 1.92. The van der Waals surface area contributed by atoms with Gasteiger partial charge in [-0.15, -0.1) is 10.2 Å². The van der Waals surface area contributed by atoms with E-state index in [0.29, 0.717) is 17.2 Å². The van der Waals surface area contributed by atoms with Gasteiger partial charge in [-0.1, -0.05) is 6.07 Å². The molecular formula is C17H22N4O2. The van der Waals surface area contributed by atoms with Crippen LogP contribution in [0.1, 0.15) is 29.0 Å². The number of rotatable bonds is 4. The molecule has 1 aliphatic heterocycles. The van der Waals surface area contributed by atoms with Crippen LogP contribution in [0.15, 0.2) is 30.6 Å². The Morgan fingerprint density at radius 2 is 2.13 bits per heavy atom. The highest BCUT2D eigenvalue weighted by Crippen LogP contribution is 2.23. The first-order chi connectivity index (χ1) is 11.2. The number of nitrogens with zero attached hydrogens (tertiary/aromatic N) is 4. The van der Waals surface area contributed by atoms with Crippen molar-refractivity contribution in [1.82, 2.24) is 19.7 Å². The first-order valence-corrected chi connectivity index (χ1v) is 7.93. The third-order valence-corrected chi connectivity index (χ3v) is 4.49. The molecule has 1 fully saturated rings. The molecule has 23 heavy (non-hydrogen) atoms. The molecule has 1 saturated heterocycles. The van der Waals surface area contributed by atoms with Crippen LogP contribution in [-0.4, -0.2) is 45.8 Å². The lowest BCUT2D eigenvalue weighted by atomic mass is 9.93. The van der Waals surface area contributed by atoms with Gasteiger partial charge >= 0.3 is 0 Å². The van der Waals surface area contributed by atoms with Gasteiger partial charge in [0.15, 0.2) is 0 Å². The normalized spacial score (nSPS) is 15.7. The molecule has 1 aromatic heterocycles. The van der Waals surface area contributed by atoms with Crippen molar-refractivity contribution in [2.24, 2.45) is 13.0 Å². The number of amides is 1. The van der Waals surface area contributed by atoms with Crippen molar-refractivity contribution < 1.29 is 9.53 Å². The summed E-state index contributed by atoms with van der Waals surface area (Å²) in [4.78, 5) is 14.5. The summed E-state index contributed by atoms with van der Waals surface area (Å²) in [5, 5.41) is 8.07. The molecular weight excluding hydrogens is 292 g/mol. The van der Waals surface area contributed by atoms with Gasteiger partial charge in [0.2, 0.25) is 0 Å². The molecule has 0 N–H and O–H groups in total. The molecule has 1 amide bonds. The maximum Gasteiger partial charge on any atom is 0.253 e. The van der Waals surface area contributed by atoms with Crippen LogP contribution in [0.25, 0.3) is 0 Å². The Morgan fingerprint density at radius 1 is 1.35 bits per heavy atom. The van der Waals surface area contributed by atoms with Crippen molar-refractivity contribution in [2.75, 3.05) is 20.2 Å². The highest BCUT2D eigenvalue weighted by molar-refractivity contribution is 5.94. The Labute approximate surface area is 136 Å². The fourth-order valence-electron chi connectivity index (χ4n) is 3.03. The SMILES string of the molecule is COc1cccc(C(=O)N2CCC(Cc3nncn3C)CC2)c1. The predicted molar refractivity (Wildman–Crippen MR) is 86.3 cm³/mol. The molecule has 2 heterocycles. The molecule has 0 saturated carbocycles. The zero-order valence-electron chi connectivity index (χ0n) is 13.6. The zero-order valence-corrected chi connectivity index (χ0v) is 13.6. The fourth-order valence-corrected chi connectivity index (χ4v) is 3.03. The molecule has 6 nitrogen and oxygen atoms in total. The highest BCUT2D eigenvalue weighted by Gasteiger charge is 2.24. The molecule has 1 aromatic carbocycles. The number of hydrogen-bond acceptors (Lipinski definition) is 4. The fraction of sp³-hybridized carbons (Fsp3) is 0.471. The van der Waals surface area contributed by atoms with Gasteiger partial charge in [-0.05, 0) is 37.0 Å². The van der Waals surface area contributed by atoms with E-state index in [1.807, 2.05) is 34.7 Å². The number of carbonyl (C=O) groups excluding carboxylic acids is 1. The second-order valence-corrected chi connectivity index (χ2v) is 6.03. The van der Waals surface area contributed by atoms with Crippen LogP contribution in [0.3, 0.4) is 0 Å². The van der Waals surface area contributed by atoms with Crippen LogP contribution in [0.5, 0.6) is 5.75 Å². The van der Waals surface area contributed by atoms with Crippen LogP contribution in [0.2, 0.25) is 0 Å². The van der Waals surface area contributed by atoms with Crippen molar-refractivity contribution >= 4 is 5.91 Å². The molecule has 0 aliphatic carbocycles. The summed E-state index contributed by atoms with van der Waals surface area (Å²) in [7, 11) is 3.58. The van der Waals surface area contributed by atoms with Gasteiger partial charge in [0.05, 0.1) is 7.11 Å². The Balaban J connectivity index is 1.58. The number of ether oxygens (including phenoxy) is 1. The van der Waals surface area contributed by atoms with E-state index in [1.165, 1.54) is 0 Å². The molecule has 1 aliphatic rings. The lowest BCUT2D eigenvalue weighted by Crippen LogP contribution is -2.39. The molecule has 0 radical (unpaired) electrons. The minimum atomic E-state index is 0.0843. The lowest BCUT2D eigenvalue weighted by Gasteiger charge is -2.32. The Bertz CT molecular complexity index is 675. The largest absolute Gasteiger partial charge is 0.497 e. The van der Waals surface area contributed by atoms with Gasteiger partial charge in [0, 0.05) is 32.1 Å². The van der Waals surface area contributed by atoms with E-state index in [9.17, 15) is 4.79 Å². The first kappa shape index (κ1) is 15.5. The molecule has 0 atom stereocenters. The number of methoxy groups -OCH3 is 1. The van der Waals surface area contributed by atoms with Crippen LogP contribution in [0.4, 0.5) is 0 Å². The molecule has 6 heteroatoms. The first-order valence-electron chi connectivity index (χ1n) is 7.93. The summed E-state index contributed by atoms with van der Waals surface area (Å²) in [6.45, 7) is 1.58. The topological polar surface area (TPSA) is 60.2 Å². The Morgan fingerprint density at radius 3 is 2.78 bits per heavy atom. The van der Waals surface area contributed by atoms with E-state index in [0.717, 1.165) is 38.2 Å². The number of aromatic nitrogens is 3. The number of piperidine rings is 1. The van der Waals surface area contributed by atoms with Crippen LogP contribution >= 0.6 is 0 Å². The summed E-state index contributed by atoms with van der Waals surface area (Å²) in [6.07, 6.45) is 4.67. The van der Waals surface area contributed by atoms with Crippen molar-refractivity contribution in [2.45, 2.75) is 19.3 Å². The monoisotopic (exact) mass is 314 g/mol. The maximum atomic E-state index is 12.6.